The second-order valence-electron chi connectivity index (χ2n) is 3.37. The van der Waals surface area contributed by atoms with Gasteiger partial charge in [-0.25, -0.2) is 47.1 Å². The molecule has 0 aliphatic carbocycles. The van der Waals surface area contributed by atoms with E-state index in [1.54, 1.807) is 0 Å². The molecule has 0 aliphatic rings. The summed E-state index contributed by atoms with van der Waals surface area (Å²) in [5, 5.41) is 0. The van der Waals surface area contributed by atoms with Crippen molar-refractivity contribution in [2.75, 3.05) is 0 Å². The van der Waals surface area contributed by atoms with Crippen molar-refractivity contribution in [1.82, 2.24) is 29.9 Å². The van der Waals surface area contributed by atoms with E-state index in [1.807, 2.05) is 0 Å². The molecule has 0 N–H and O–H groups in total. The summed E-state index contributed by atoms with van der Waals surface area (Å²) in [6.07, 6.45) is 3.42. The number of nitrogens with zero attached hydrogens (tertiary/aromatic N) is 6. The molecule has 2 aromatic rings. The first-order valence-corrected chi connectivity index (χ1v) is 6.70. The van der Waals surface area contributed by atoms with Crippen molar-refractivity contribution in [2.45, 2.75) is 0 Å². The van der Waals surface area contributed by atoms with E-state index in [1.165, 1.54) is 0 Å². The molecule has 0 atom stereocenters. The third kappa shape index (κ3) is 2.91. The Kier molecular flexibility index (Phi) is 4.33. The van der Waals surface area contributed by atoms with Gasteiger partial charge in [-0.2, -0.15) is 0 Å². The lowest BCUT2D eigenvalue weighted by Gasteiger charge is -2.07. The molecule has 0 unspecified atom stereocenters. The minimum absolute atomic E-state index is 0.241. The molecule has 11 heteroatoms. The van der Waals surface area contributed by atoms with Crippen LogP contribution in [0.1, 0.15) is 11.6 Å². The van der Waals surface area contributed by atoms with Gasteiger partial charge in [-0.3, -0.25) is 0 Å². The summed E-state index contributed by atoms with van der Waals surface area (Å²) in [4.78, 5) is 19.1. The summed E-state index contributed by atoms with van der Waals surface area (Å²) >= 11 is 0. The highest BCUT2D eigenvalue weighted by Crippen LogP contribution is 2.29. The number of aromatic nitrogens is 6. The van der Waals surface area contributed by atoms with Crippen LogP contribution in [-0.4, -0.2) is 38.3 Å². The van der Waals surface area contributed by atoms with E-state index >= 15 is 0 Å². The quantitative estimate of drug-likeness (QED) is 0.811. The monoisotopic (exact) mass is 312 g/mol. The molecule has 0 radical (unpaired) electrons. The van der Waals surface area contributed by atoms with Gasteiger partial charge in [0.2, 0.25) is 9.84 Å². The van der Waals surface area contributed by atoms with Crippen LogP contribution in [0.2, 0.25) is 0 Å². The van der Waals surface area contributed by atoms with Crippen LogP contribution < -0.4 is 0 Å². The second kappa shape index (κ2) is 6.17. The highest BCUT2D eigenvalue weighted by molar-refractivity contribution is 8.09. The lowest BCUT2D eigenvalue weighted by Crippen LogP contribution is -2.10. The van der Waals surface area contributed by atoms with Crippen LogP contribution in [0.3, 0.4) is 0 Å². The summed E-state index contributed by atoms with van der Waals surface area (Å²) in [5.41, 5.74) is 0. The van der Waals surface area contributed by atoms with E-state index in [0.29, 0.717) is 0 Å². The van der Waals surface area contributed by atoms with E-state index in [4.69, 9.17) is 0 Å². The fraction of sp³-hybridized carbons (Fsp3) is 0. The maximum Gasteiger partial charge on any atom is 0.218 e. The van der Waals surface area contributed by atoms with Crippen LogP contribution in [0.15, 0.2) is 38.0 Å². The first-order valence-electron chi connectivity index (χ1n) is 5.22. The molecular formula is C10H6F2N6O2S. The summed E-state index contributed by atoms with van der Waals surface area (Å²) in [6, 6.07) is 0. The number of halogens is 2. The lowest BCUT2D eigenvalue weighted by molar-refractivity contribution is 0.612. The lowest BCUT2D eigenvalue weighted by atomic mass is 10.5. The minimum atomic E-state index is -4.60. The predicted molar refractivity (Wildman–Crippen MR) is 66.7 cm³/mol. The van der Waals surface area contributed by atoms with Crippen LogP contribution in [0.5, 0.6) is 0 Å². The zero-order chi connectivity index (χ0) is 15.3. The van der Waals surface area contributed by atoms with Crippen molar-refractivity contribution in [1.29, 1.82) is 0 Å². The van der Waals surface area contributed by atoms with Crippen LogP contribution in [0.25, 0.3) is 9.81 Å². The average Bonchev–Trinajstić information content (AvgIpc) is 2.50. The fourth-order valence-corrected chi connectivity index (χ4v) is 2.47. The van der Waals surface area contributed by atoms with Gasteiger partial charge in [0, 0.05) is 0 Å². The third-order valence-electron chi connectivity index (χ3n) is 2.20. The molecule has 0 amide bonds. The molecule has 0 saturated carbocycles. The fourth-order valence-electron chi connectivity index (χ4n) is 1.31. The van der Waals surface area contributed by atoms with Gasteiger partial charge < -0.3 is 0 Å². The molecule has 2 aromatic heterocycles. The SMILES string of the molecule is O=S(=O)(C(=CF)c1ncncn1)C(=CF)c1ncncn1. The zero-order valence-electron chi connectivity index (χ0n) is 10.1. The van der Waals surface area contributed by atoms with Gasteiger partial charge in [-0.05, 0) is 0 Å². The molecule has 0 aromatic carbocycles. The van der Waals surface area contributed by atoms with E-state index in [-0.39, 0.29) is 12.7 Å². The standard InChI is InChI=1S/C10H6F2N6O2S/c11-1-7(9-15-3-13-4-16-9)21(19,20)8(2-12)10-17-5-14-6-18-10/h1-6H. The van der Waals surface area contributed by atoms with E-state index in [9.17, 15) is 17.2 Å². The number of sulfone groups is 1. The Balaban J connectivity index is 2.55. The van der Waals surface area contributed by atoms with Gasteiger partial charge >= 0.3 is 0 Å². The smallest absolute Gasteiger partial charge is 0.218 e. The Morgan fingerprint density at radius 2 is 1.14 bits per heavy atom. The molecule has 2 heterocycles. The Hall–Kier alpha value is -2.69. The highest BCUT2D eigenvalue weighted by atomic mass is 32.2. The van der Waals surface area contributed by atoms with Crippen molar-refractivity contribution >= 4 is 19.6 Å². The van der Waals surface area contributed by atoms with Gasteiger partial charge in [0.1, 0.15) is 47.8 Å². The molecule has 0 bridgehead atoms. The molecule has 0 aliphatic heterocycles. The van der Waals surface area contributed by atoms with E-state index in [0.717, 1.165) is 25.3 Å². The van der Waals surface area contributed by atoms with Gasteiger partial charge in [-0.1, -0.05) is 0 Å². The van der Waals surface area contributed by atoms with Crippen molar-refractivity contribution in [2.24, 2.45) is 0 Å². The first-order chi connectivity index (χ1) is 10.1. The minimum Gasteiger partial charge on any atom is -0.225 e. The van der Waals surface area contributed by atoms with Crippen molar-refractivity contribution in [3.05, 3.63) is 49.6 Å². The Morgan fingerprint density at radius 1 is 0.810 bits per heavy atom. The van der Waals surface area contributed by atoms with E-state index < -0.39 is 31.3 Å². The summed E-state index contributed by atoms with van der Waals surface area (Å²) in [6.45, 7) is 0. The molecule has 0 saturated heterocycles. The zero-order valence-corrected chi connectivity index (χ0v) is 10.9. The molecule has 0 spiro atoms. The van der Waals surface area contributed by atoms with Crippen LogP contribution >= 0.6 is 0 Å². The number of hydrogen-bond acceptors (Lipinski definition) is 8. The highest BCUT2D eigenvalue weighted by Gasteiger charge is 2.30. The maximum atomic E-state index is 13.0. The molecule has 108 valence electrons. The van der Waals surface area contributed by atoms with Crippen LogP contribution in [-0.2, 0) is 9.84 Å². The maximum absolute atomic E-state index is 13.0. The Bertz CT molecular complexity index is 718. The first kappa shape index (κ1) is 14.7. The van der Waals surface area contributed by atoms with Crippen molar-refractivity contribution in [3.63, 3.8) is 0 Å². The topological polar surface area (TPSA) is 111 Å². The Labute approximate surface area is 117 Å². The summed E-state index contributed by atoms with van der Waals surface area (Å²) in [7, 11) is -4.60. The number of hydrogen-bond donors (Lipinski definition) is 0. The average molecular weight is 312 g/mol. The number of rotatable bonds is 4. The van der Waals surface area contributed by atoms with Gasteiger partial charge in [-0.15, -0.1) is 0 Å². The Morgan fingerprint density at radius 3 is 1.43 bits per heavy atom. The molecule has 8 nitrogen and oxygen atoms in total. The largest absolute Gasteiger partial charge is 0.225 e. The normalized spacial score (nSPS) is 13.2. The van der Waals surface area contributed by atoms with Crippen LogP contribution in [0, 0.1) is 0 Å². The molecule has 0 fully saturated rings. The molecule has 21 heavy (non-hydrogen) atoms. The summed E-state index contributed by atoms with van der Waals surface area (Å²) in [5.74, 6) is -0.943. The van der Waals surface area contributed by atoms with Crippen molar-refractivity contribution in [3.8, 4) is 0 Å². The summed E-state index contributed by atoms with van der Waals surface area (Å²) < 4.78 is 50.6. The van der Waals surface area contributed by atoms with Crippen LogP contribution in [0.4, 0.5) is 8.78 Å². The third-order valence-corrected chi connectivity index (χ3v) is 3.91. The molecular weight excluding hydrogens is 306 g/mol. The predicted octanol–water partition coefficient (Wildman–Crippen LogP) is 0.707. The van der Waals surface area contributed by atoms with Crippen molar-refractivity contribution < 1.29 is 17.2 Å². The molecule has 2 rings (SSSR count). The van der Waals surface area contributed by atoms with Gasteiger partial charge in [0.15, 0.2) is 11.6 Å². The second-order valence-corrected chi connectivity index (χ2v) is 5.26. The van der Waals surface area contributed by atoms with E-state index in [2.05, 4.69) is 29.9 Å². The van der Waals surface area contributed by atoms with Gasteiger partial charge in [0.05, 0.1) is 0 Å². The van der Waals surface area contributed by atoms with Gasteiger partial charge in [0.25, 0.3) is 0 Å².